The zero-order valence-corrected chi connectivity index (χ0v) is 16.1. The van der Waals surface area contributed by atoms with Gasteiger partial charge in [0, 0.05) is 18.8 Å². The van der Waals surface area contributed by atoms with Crippen LogP contribution in [-0.2, 0) is 14.8 Å². The maximum Gasteiger partial charge on any atom is 0.323 e. The van der Waals surface area contributed by atoms with Crippen LogP contribution in [0.1, 0.15) is 12.8 Å². The van der Waals surface area contributed by atoms with Crippen LogP contribution in [0.5, 0.6) is 0 Å². The molecular weight excluding hydrogens is 399 g/mol. The van der Waals surface area contributed by atoms with Crippen molar-refractivity contribution in [2.24, 2.45) is 5.92 Å². The standard InChI is InChI=1S/C19H19FN4O4S/c20-13-3-6-15(7-4-13)29(27,28)24-9-1-2-12(11-24)18(25)21-14-5-8-16-17(10-14)23-19(26)22-16/h3-8,10,12H,1-2,9,11H2,(H,21,25)(H2,22,23,26)/t12-/m1/s1. The lowest BCUT2D eigenvalue weighted by atomic mass is 9.98. The zero-order chi connectivity index (χ0) is 20.6. The molecule has 0 radical (unpaired) electrons. The molecule has 1 saturated heterocycles. The van der Waals surface area contributed by atoms with Crippen molar-refractivity contribution in [2.75, 3.05) is 18.4 Å². The smallest absolute Gasteiger partial charge is 0.323 e. The number of piperidine rings is 1. The van der Waals surface area contributed by atoms with Crippen molar-refractivity contribution in [1.82, 2.24) is 14.3 Å². The van der Waals surface area contributed by atoms with Gasteiger partial charge in [-0.25, -0.2) is 17.6 Å². The predicted octanol–water partition coefficient (Wildman–Crippen LogP) is 2.03. The largest absolute Gasteiger partial charge is 0.326 e. The monoisotopic (exact) mass is 418 g/mol. The molecule has 152 valence electrons. The summed E-state index contributed by atoms with van der Waals surface area (Å²) in [5.74, 6) is -1.32. The van der Waals surface area contributed by atoms with E-state index in [0.717, 1.165) is 12.1 Å². The van der Waals surface area contributed by atoms with E-state index < -0.39 is 21.8 Å². The van der Waals surface area contributed by atoms with Crippen molar-refractivity contribution >= 4 is 32.7 Å². The molecule has 1 aromatic heterocycles. The van der Waals surface area contributed by atoms with Crippen molar-refractivity contribution in [1.29, 1.82) is 0 Å². The number of nitrogens with zero attached hydrogens (tertiary/aromatic N) is 1. The van der Waals surface area contributed by atoms with E-state index in [0.29, 0.717) is 36.1 Å². The summed E-state index contributed by atoms with van der Waals surface area (Å²) in [6.45, 7) is 0.356. The first-order valence-corrected chi connectivity index (χ1v) is 10.6. The van der Waals surface area contributed by atoms with E-state index >= 15 is 0 Å². The van der Waals surface area contributed by atoms with E-state index in [4.69, 9.17) is 0 Å². The van der Waals surface area contributed by atoms with Gasteiger partial charge in [-0.15, -0.1) is 0 Å². The molecule has 1 fully saturated rings. The maximum absolute atomic E-state index is 13.1. The second-order valence-electron chi connectivity index (χ2n) is 6.98. The second kappa shape index (κ2) is 7.45. The Morgan fingerprint density at radius 2 is 1.83 bits per heavy atom. The molecule has 0 spiro atoms. The van der Waals surface area contributed by atoms with Crippen molar-refractivity contribution in [3.8, 4) is 0 Å². The number of amides is 1. The average molecular weight is 418 g/mol. The summed E-state index contributed by atoms with van der Waals surface area (Å²) in [6, 6.07) is 9.63. The van der Waals surface area contributed by atoms with Crippen LogP contribution in [0.4, 0.5) is 10.1 Å². The fourth-order valence-corrected chi connectivity index (χ4v) is 5.01. The van der Waals surface area contributed by atoms with Gasteiger partial charge in [0.1, 0.15) is 5.82 Å². The summed E-state index contributed by atoms with van der Waals surface area (Å²) in [7, 11) is -3.80. The summed E-state index contributed by atoms with van der Waals surface area (Å²) in [4.78, 5) is 29.3. The van der Waals surface area contributed by atoms with Gasteiger partial charge < -0.3 is 15.3 Å². The Morgan fingerprint density at radius 1 is 1.10 bits per heavy atom. The topological polar surface area (TPSA) is 115 Å². The average Bonchev–Trinajstić information content (AvgIpc) is 3.07. The van der Waals surface area contributed by atoms with Crippen molar-refractivity contribution < 1.29 is 17.6 Å². The number of nitrogens with one attached hydrogen (secondary N) is 3. The number of imidazole rings is 1. The molecule has 0 saturated carbocycles. The highest BCUT2D eigenvalue weighted by Gasteiger charge is 2.33. The number of carbonyl (C=O) groups excluding carboxylic acids is 1. The number of aromatic nitrogens is 2. The highest BCUT2D eigenvalue weighted by atomic mass is 32.2. The summed E-state index contributed by atoms with van der Waals surface area (Å²) in [5.41, 5.74) is 1.37. The third-order valence-corrected chi connectivity index (χ3v) is 6.87. The fraction of sp³-hybridized carbons (Fsp3) is 0.263. The Labute approximate surface area is 165 Å². The van der Waals surface area contributed by atoms with Crippen LogP contribution in [0.25, 0.3) is 11.0 Å². The van der Waals surface area contributed by atoms with Crippen molar-refractivity contribution in [2.45, 2.75) is 17.7 Å². The van der Waals surface area contributed by atoms with Gasteiger partial charge in [-0.3, -0.25) is 4.79 Å². The highest BCUT2D eigenvalue weighted by molar-refractivity contribution is 7.89. The number of halogens is 1. The van der Waals surface area contributed by atoms with Gasteiger partial charge in [-0.1, -0.05) is 0 Å². The zero-order valence-electron chi connectivity index (χ0n) is 15.3. The number of aromatic amines is 2. The number of carbonyl (C=O) groups is 1. The maximum atomic E-state index is 13.1. The van der Waals surface area contributed by atoms with Crippen LogP contribution >= 0.6 is 0 Å². The molecule has 10 heteroatoms. The van der Waals surface area contributed by atoms with E-state index in [-0.39, 0.29) is 23.0 Å². The van der Waals surface area contributed by atoms with E-state index in [2.05, 4.69) is 15.3 Å². The van der Waals surface area contributed by atoms with E-state index in [1.807, 2.05) is 0 Å². The van der Waals surface area contributed by atoms with Crippen LogP contribution in [-0.4, -0.2) is 41.7 Å². The van der Waals surface area contributed by atoms with Gasteiger partial charge >= 0.3 is 5.69 Å². The van der Waals surface area contributed by atoms with Crippen LogP contribution in [0, 0.1) is 11.7 Å². The molecule has 1 aliphatic heterocycles. The minimum absolute atomic E-state index is 0.00169. The van der Waals surface area contributed by atoms with Crippen LogP contribution < -0.4 is 11.0 Å². The molecule has 1 aliphatic rings. The van der Waals surface area contributed by atoms with Gasteiger partial charge in [0.05, 0.1) is 21.8 Å². The molecular formula is C19H19FN4O4S. The summed E-state index contributed by atoms with van der Waals surface area (Å²) in [6.07, 6.45) is 1.10. The van der Waals surface area contributed by atoms with E-state index in [1.165, 1.54) is 16.4 Å². The van der Waals surface area contributed by atoms with Crippen LogP contribution in [0.2, 0.25) is 0 Å². The van der Waals surface area contributed by atoms with Gasteiger partial charge in [0.2, 0.25) is 15.9 Å². The first-order chi connectivity index (χ1) is 13.8. The lowest BCUT2D eigenvalue weighted by molar-refractivity contribution is -0.120. The third-order valence-electron chi connectivity index (χ3n) is 4.99. The van der Waals surface area contributed by atoms with Crippen LogP contribution in [0.3, 0.4) is 0 Å². The Morgan fingerprint density at radius 3 is 2.59 bits per heavy atom. The summed E-state index contributed by atoms with van der Waals surface area (Å²) in [5, 5.41) is 2.79. The summed E-state index contributed by atoms with van der Waals surface area (Å²) < 4.78 is 40.0. The molecule has 0 aliphatic carbocycles. The summed E-state index contributed by atoms with van der Waals surface area (Å²) >= 11 is 0. The van der Waals surface area contributed by atoms with Crippen molar-refractivity contribution in [3.63, 3.8) is 0 Å². The van der Waals surface area contributed by atoms with Gasteiger partial charge in [0.25, 0.3) is 0 Å². The second-order valence-corrected chi connectivity index (χ2v) is 8.92. The molecule has 2 aromatic carbocycles. The minimum atomic E-state index is -3.80. The normalized spacial score (nSPS) is 18.0. The quantitative estimate of drug-likeness (QED) is 0.601. The minimum Gasteiger partial charge on any atom is -0.326 e. The number of benzene rings is 2. The molecule has 4 rings (SSSR count). The number of H-pyrrole nitrogens is 2. The SMILES string of the molecule is O=C(Nc1ccc2[nH]c(=O)[nH]c2c1)[C@@H]1CCCN(S(=O)(=O)c2ccc(F)cc2)C1. The first kappa shape index (κ1) is 19.3. The van der Waals surface area contributed by atoms with Gasteiger partial charge in [-0.2, -0.15) is 4.31 Å². The third kappa shape index (κ3) is 3.94. The van der Waals surface area contributed by atoms with Crippen LogP contribution in [0.15, 0.2) is 52.2 Å². The Hall–Kier alpha value is -2.98. The molecule has 0 bridgehead atoms. The van der Waals surface area contributed by atoms with Crippen molar-refractivity contribution in [3.05, 3.63) is 58.8 Å². The number of rotatable bonds is 4. The Balaban J connectivity index is 1.48. The molecule has 3 N–H and O–H groups in total. The van der Waals surface area contributed by atoms with E-state index in [9.17, 15) is 22.4 Å². The first-order valence-electron chi connectivity index (χ1n) is 9.11. The Kier molecular flexibility index (Phi) is 4.97. The number of hydrogen-bond donors (Lipinski definition) is 3. The predicted molar refractivity (Wildman–Crippen MR) is 105 cm³/mol. The molecule has 1 atom stereocenters. The highest BCUT2D eigenvalue weighted by Crippen LogP contribution is 2.25. The van der Waals surface area contributed by atoms with Gasteiger partial charge in [0.15, 0.2) is 0 Å². The number of hydrogen-bond acceptors (Lipinski definition) is 4. The Bertz CT molecular complexity index is 1220. The fourth-order valence-electron chi connectivity index (χ4n) is 3.48. The molecule has 3 aromatic rings. The number of anilines is 1. The molecule has 8 nitrogen and oxygen atoms in total. The lowest BCUT2D eigenvalue weighted by Crippen LogP contribution is -2.43. The lowest BCUT2D eigenvalue weighted by Gasteiger charge is -2.31. The van der Waals surface area contributed by atoms with Gasteiger partial charge in [-0.05, 0) is 55.3 Å². The number of fused-ring (bicyclic) bond motifs is 1. The number of sulfonamides is 1. The molecule has 2 heterocycles. The molecule has 0 unspecified atom stereocenters. The molecule has 29 heavy (non-hydrogen) atoms. The molecule has 1 amide bonds. The van der Waals surface area contributed by atoms with E-state index in [1.54, 1.807) is 18.2 Å².